The van der Waals surface area contributed by atoms with Crippen LogP contribution in [-0.2, 0) is 30.3 Å². The molecule has 3 amide bonds. The lowest BCUT2D eigenvalue weighted by atomic mass is 9.96. The topological polar surface area (TPSA) is 114 Å². The van der Waals surface area contributed by atoms with Crippen molar-refractivity contribution < 1.29 is 28.7 Å². The van der Waals surface area contributed by atoms with Crippen LogP contribution < -0.4 is 10.6 Å². The summed E-state index contributed by atoms with van der Waals surface area (Å²) in [6.07, 6.45) is 6.52. The Kier molecular flexibility index (Phi) is 11.3. The van der Waals surface area contributed by atoms with Gasteiger partial charge >= 0.3 is 12.1 Å². The molecule has 0 spiro atoms. The first-order chi connectivity index (χ1) is 18.5. The van der Waals surface area contributed by atoms with E-state index in [-0.39, 0.29) is 13.0 Å². The molecule has 206 valence electrons. The highest BCUT2D eigenvalue weighted by atomic mass is 16.6. The number of carbonyl (C=O) groups excluding carboxylic acids is 4. The number of rotatable bonds is 11. The maximum atomic E-state index is 14.1. The molecule has 0 saturated heterocycles. The monoisotopic (exact) mass is 533 g/mol. The number of nitrogens with one attached hydrogen (secondary N) is 2. The van der Waals surface area contributed by atoms with E-state index in [0.29, 0.717) is 11.1 Å². The molecule has 9 nitrogen and oxygen atoms in total. The van der Waals surface area contributed by atoms with E-state index in [0.717, 1.165) is 5.56 Å². The summed E-state index contributed by atoms with van der Waals surface area (Å²) in [5.74, 6) is 0.648. The lowest BCUT2D eigenvalue weighted by Gasteiger charge is -2.34. The number of hydrogen-bond acceptors (Lipinski definition) is 6. The Morgan fingerprint density at radius 2 is 1.72 bits per heavy atom. The Bertz CT molecular complexity index is 1210. The molecule has 0 aliphatic carbocycles. The van der Waals surface area contributed by atoms with Gasteiger partial charge in [0.05, 0.1) is 7.11 Å². The van der Waals surface area contributed by atoms with Crippen molar-refractivity contribution in [1.82, 2.24) is 15.5 Å². The zero-order valence-electron chi connectivity index (χ0n) is 22.7. The van der Waals surface area contributed by atoms with E-state index < -0.39 is 48.1 Å². The SMILES string of the molecule is C#Cc1ccccc1C(C(=O)NCC(=O)OC)N(CC=C)C(=O)C(Cc1ccccc1)NC(=O)OC(C)(C)C. The van der Waals surface area contributed by atoms with Crippen molar-refractivity contribution in [2.45, 2.75) is 44.9 Å². The molecule has 2 aromatic carbocycles. The number of nitrogens with zero attached hydrogens (tertiary/aromatic N) is 1. The molecule has 2 atom stereocenters. The molecule has 2 unspecified atom stereocenters. The van der Waals surface area contributed by atoms with Crippen molar-refractivity contribution in [3.8, 4) is 12.3 Å². The van der Waals surface area contributed by atoms with Gasteiger partial charge in [-0.15, -0.1) is 13.0 Å². The molecule has 0 bridgehead atoms. The second kappa shape index (κ2) is 14.4. The van der Waals surface area contributed by atoms with Crippen molar-refractivity contribution in [3.63, 3.8) is 0 Å². The lowest BCUT2D eigenvalue weighted by molar-refractivity contribution is -0.144. The Hall–Kier alpha value is -4.58. The summed E-state index contributed by atoms with van der Waals surface area (Å²) in [6.45, 7) is 8.41. The highest BCUT2D eigenvalue weighted by Crippen LogP contribution is 2.26. The van der Waals surface area contributed by atoms with Crippen LogP contribution in [0, 0.1) is 12.3 Å². The van der Waals surface area contributed by atoms with Crippen molar-refractivity contribution in [3.05, 3.63) is 83.9 Å². The number of carbonyl (C=O) groups is 4. The number of ether oxygens (including phenoxy) is 2. The van der Waals surface area contributed by atoms with E-state index in [9.17, 15) is 19.2 Å². The third-order valence-corrected chi connectivity index (χ3v) is 5.49. The Balaban J connectivity index is 2.56. The molecule has 2 N–H and O–H groups in total. The van der Waals surface area contributed by atoms with Gasteiger partial charge in [-0.3, -0.25) is 14.4 Å². The van der Waals surface area contributed by atoms with Gasteiger partial charge in [0.2, 0.25) is 11.8 Å². The molecule has 0 radical (unpaired) electrons. The van der Waals surface area contributed by atoms with Crippen LogP contribution in [0.1, 0.15) is 43.5 Å². The predicted molar refractivity (Wildman–Crippen MR) is 147 cm³/mol. The van der Waals surface area contributed by atoms with Crippen LogP contribution in [0.25, 0.3) is 0 Å². The number of methoxy groups -OCH3 is 1. The van der Waals surface area contributed by atoms with Crippen LogP contribution in [0.15, 0.2) is 67.3 Å². The zero-order chi connectivity index (χ0) is 29.0. The Morgan fingerprint density at radius 1 is 1.08 bits per heavy atom. The Labute approximate surface area is 229 Å². The fourth-order valence-corrected chi connectivity index (χ4v) is 3.81. The van der Waals surface area contributed by atoms with E-state index >= 15 is 0 Å². The second-order valence-corrected chi connectivity index (χ2v) is 9.60. The minimum atomic E-state index is -1.24. The fraction of sp³-hybridized carbons (Fsp3) is 0.333. The molecule has 2 aromatic rings. The van der Waals surface area contributed by atoms with E-state index in [1.807, 2.05) is 30.3 Å². The first kappa shape index (κ1) is 30.6. The maximum absolute atomic E-state index is 14.1. The van der Waals surface area contributed by atoms with Crippen LogP contribution in [0.2, 0.25) is 0 Å². The van der Waals surface area contributed by atoms with Crippen molar-refractivity contribution in [2.24, 2.45) is 0 Å². The van der Waals surface area contributed by atoms with Crippen molar-refractivity contribution >= 4 is 23.9 Å². The first-order valence-corrected chi connectivity index (χ1v) is 12.4. The van der Waals surface area contributed by atoms with E-state index in [1.165, 1.54) is 18.1 Å². The standard InChI is InChI=1S/C30H35N3O6/c1-7-18-33(26(27(35)31-20-25(34)38-6)23-17-13-12-16-22(23)8-2)28(36)24(19-21-14-10-9-11-15-21)32-29(37)39-30(3,4)5/h2,7,9-17,24,26H,1,18-20H2,3-6H3,(H,31,35)(H,32,37). The number of benzene rings is 2. The van der Waals surface area contributed by atoms with E-state index in [2.05, 4.69) is 27.9 Å². The third-order valence-electron chi connectivity index (χ3n) is 5.49. The molecule has 0 aliphatic rings. The van der Waals surface area contributed by atoms with Gasteiger partial charge in [-0.2, -0.15) is 0 Å². The van der Waals surface area contributed by atoms with Crippen LogP contribution in [-0.4, -0.2) is 60.6 Å². The molecule has 0 fully saturated rings. The first-order valence-electron chi connectivity index (χ1n) is 12.4. The van der Waals surface area contributed by atoms with E-state index in [1.54, 1.807) is 45.0 Å². The minimum Gasteiger partial charge on any atom is -0.468 e. The summed E-state index contributed by atoms with van der Waals surface area (Å²) in [6, 6.07) is 13.5. The number of esters is 1. The van der Waals surface area contributed by atoms with Gasteiger partial charge in [-0.1, -0.05) is 60.5 Å². The molecule has 0 saturated carbocycles. The second-order valence-electron chi connectivity index (χ2n) is 9.60. The molecule has 0 aromatic heterocycles. The summed E-state index contributed by atoms with van der Waals surface area (Å²) in [7, 11) is 1.20. The normalized spacial score (nSPS) is 12.2. The third kappa shape index (κ3) is 9.34. The highest BCUT2D eigenvalue weighted by Gasteiger charge is 2.37. The summed E-state index contributed by atoms with van der Waals surface area (Å²) in [4.78, 5) is 53.4. The fourth-order valence-electron chi connectivity index (χ4n) is 3.81. The minimum absolute atomic E-state index is 0.0602. The molecular formula is C30H35N3O6. The average Bonchev–Trinajstić information content (AvgIpc) is 2.90. The maximum Gasteiger partial charge on any atom is 0.408 e. The van der Waals surface area contributed by atoms with Crippen molar-refractivity contribution in [1.29, 1.82) is 0 Å². The number of hydrogen-bond donors (Lipinski definition) is 2. The van der Waals surface area contributed by atoms with Gasteiger partial charge in [-0.05, 0) is 38.0 Å². The van der Waals surface area contributed by atoms with Gasteiger partial charge in [0, 0.05) is 18.5 Å². The average molecular weight is 534 g/mol. The summed E-state index contributed by atoms with van der Waals surface area (Å²) < 4.78 is 10.0. The predicted octanol–water partition coefficient (Wildman–Crippen LogP) is 3.15. The summed E-state index contributed by atoms with van der Waals surface area (Å²) in [5.41, 5.74) is 0.736. The van der Waals surface area contributed by atoms with Crippen LogP contribution in [0.4, 0.5) is 4.79 Å². The number of amides is 3. The van der Waals surface area contributed by atoms with Crippen LogP contribution >= 0.6 is 0 Å². The lowest BCUT2D eigenvalue weighted by Crippen LogP contribution is -2.54. The Morgan fingerprint density at radius 3 is 2.31 bits per heavy atom. The smallest absolute Gasteiger partial charge is 0.408 e. The summed E-state index contributed by atoms with van der Waals surface area (Å²) in [5, 5.41) is 5.18. The van der Waals surface area contributed by atoms with Gasteiger partial charge in [0.1, 0.15) is 24.2 Å². The molecule has 2 rings (SSSR count). The van der Waals surface area contributed by atoms with Crippen molar-refractivity contribution in [2.75, 3.05) is 20.2 Å². The molecular weight excluding hydrogens is 498 g/mol. The number of alkyl carbamates (subject to hydrolysis) is 1. The number of terminal acetylenes is 1. The largest absolute Gasteiger partial charge is 0.468 e. The van der Waals surface area contributed by atoms with Crippen LogP contribution in [0.5, 0.6) is 0 Å². The molecule has 39 heavy (non-hydrogen) atoms. The van der Waals surface area contributed by atoms with Gasteiger partial charge in [0.25, 0.3) is 0 Å². The van der Waals surface area contributed by atoms with Gasteiger partial charge in [-0.25, -0.2) is 4.79 Å². The molecule has 9 heteroatoms. The molecule has 0 aliphatic heterocycles. The highest BCUT2D eigenvalue weighted by molar-refractivity contribution is 5.93. The van der Waals surface area contributed by atoms with Crippen LogP contribution in [0.3, 0.4) is 0 Å². The summed E-state index contributed by atoms with van der Waals surface area (Å²) >= 11 is 0. The van der Waals surface area contributed by atoms with Gasteiger partial charge in [0.15, 0.2) is 0 Å². The zero-order valence-corrected chi connectivity index (χ0v) is 22.7. The quantitative estimate of drug-likeness (QED) is 0.261. The van der Waals surface area contributed by atoms with Gasteiger partial charge < -0.3 is 25.0 Å². The van der Waals surface area contributed by atoms with E-state index in [4.69, 9.17) is 11.2 Å². The molecule has 0 heterocycles.